The van der Waals surface area contributed by atoms with Crippen LogP contribution in [-0.2, 0) is 4.79 Å². The van der Waals surface area contributed by atoms with E-state index in [4.69, 9.17) is 5.11 Å². The van der Waals surface area contributed by atoms with Gasteiger partial charge in [0, 0.05) is 10.4 Å². The maximum atomic E-state index is 10.9. The van der Waals surface area contributed by atoms with E-state index in [0.717, 1.165) is 16.5 Å². The summed E-state index contributed by atoms with van der Waals surface area (Å²) in [7, 11) is 0. The number of halogens is 1. The summed E-state index contributed by atoms with van der Waals surface area (Å²) in [5.74, 6) is -0.501. The normalized spacial score (nSPS) is 30.0. The molecule has 0 saturated heterocycles. The Morgan fingerprint density at radius 1 is 1.50 bits per heavy atom. The second-order valence-electron chi connectivity index (χ2n) is 4.03. The monoisotopic (exact) mass is 254 g/mol. The van der Waals surface area contributed by atoms with Gasteiger partial charge in [0.2, 0.25) is 0 Å². The van der Waals surface area contributed by atoms with Gasteiger partial charge in [0.1, 0.15) is 0 Å². The molecule has 0 bridgehead atoms. The number of hydrogen-bond donors (Lipinski definition) is 1. The molecule has 0 heterocycles. The molecule has 1 aliphatic rings. The topological polar surface area (TPSA) is 37.3 Å². The highest BCUT2D eigenvalue weighted by Gasteiger charge is 2.56. The molecule has 0 unspecified atom stereocenters. The molecule has 0 aromatic heterocycles. The van der Waals surface area contributed by atoms with Crippen LogP contribution in [-0.4, -0.2) is 11.1 Å². The third-order valence-corrected chi connectivity index (χ3v) is 3.53. The predicted molar refractivity (Wildman–Crippen MR) is 57.2 cm³/mol. The summed E-state index contributed by atoms with van der Waals surface area (Å²) in [6.07, 6.45) is 0.754. The summed E-state index contributed by atoms with van der Waals surface area (Å²) in [5, 5.41) is 8.99. The van der Waals surface area contributed by atoms with Gasteiger partial charge < -0.3 is 5.11 Å². The Hall–Kier alpha value is -0.830. The maximum Gasteiger partial charge on any atom is 0.309 e. The van der Waals surface area contributed by atoms with Crippen molar-refractivity contribution in [2.75, 3.05) is 0 Å². The van der Waals surface area contributed by atoms with E-state index < -0.39 is 11.4 Å². The summed E-state index contributed by atoms with van der Waals surface area (Å²) >= 11 is 3.36. The molecule has 74 valence electrons. The summed E-state index contributed by atoms with van der Waals surface area (Å²) in [4.78, 5) is 10.9. The van der Waals surface area contributed by atoms with E-state index >= 15 is 0 Å². The molecule has 14 heavy (non-hydrogen) atoms. The first-order valence-electron chi connectivity index (χ1n) is 4.53. The van der Waals surface area contributed by atoms with E-state index in [1.54, 1.807) is 0 Å². The van der Waals surface area contributed by atoms with Gasteiger partial charge in [-0.25, -0.2) is 0 Å². The summed E-state index contributed by atoms with van der Waals surface area (Å²) in [6, 6.07) is 7.89. The molecule has 1 aromatic carbocycles. The van der Waals surface area contributed by atoms with Crippen molar-refractivity contribution < 1.29 is 9.90 Å². The van der Waals surface area contributed by atoms with E-state index in [1.807, 2.05) is 31.2 Å². The number of hydrogen-bond acceptors (Lipinski definition) is 1. The number of carboxylic acid groups (broad SMARTS) is 1. The van der Waals surface area contributed by atoms with Crippen LogP contribution in [0.15, 0.2) is 28.7 Å². The number of benzene rings is 1. The lowest BCUT2D eigenvalue weighted by atomic mass is 10.0. The number of carboxylic acids is 1. The third-order valence-electron chi connectivity index (χ3n) is 3.00. The van der Waals surface area contributed by atoms with Gasteiger partial charge in [0.15, 0.2) is 0 Å². The molecular formula is C11H11BrO2. The van der Waals surface area contributed by atoms with Crippen molar-refractivity contribution in [3.8, 4) is 0 Å². The van der Waals surface area contributed by atoms with E-state index in [-0.39, 0.29) is 5.92 Å². The molecule has 2 atom stereocenters. The lowest BCUT2D eigenvalue weighted by Crippen LogP contribution is -2.12. The lowest BCUT2D eigenvalue weighted by molar-refractivity contribution is -0.142. The lowest BCUT2D eigenvalue weighted by Gasteiger charge is -2.04. The molecule has 0 aliphatic heterocycles. The standard InChI is InChI=1S/C11H11BrO2/c1-11(10(13)14)6-9(11)7-2-4-8(12)5-3-7/h2-5,9H,6H2,1H3,(H,13,14)/t9-,11+/m1/s1. The summed E-state index contributed by atoms with van der Waals surface area (Å²) in [5.41, 5.74) is 0.589. The zero-order chi connectivity index (χ0) is 10.3. The van der Waals surface area contributed by atoms with Gasteiger partial charge in [-0.3, -0.25) is 4.79 Å². The smallest absolute Gasteiger partial charge is 0.309 e. The fourth-order valence-corrected chi connectivity index (χ4v) is 2.05. The highest BCUT2D eigenvalue weighted by Crippen LogP contribution is 2.59. The molecule has 1 aliphatic carbocycles. The van der Waals surface area contributed by atoms with Crippen molar-refractivity contribution in [3.63, 3.8) is 0 Å². The summed E-state index contributed by atoms with van der Waals surface area (Å²) in [6.45, 7) is 1.81. The molecule has 3 heteroatoms. The molecule has 0 amide bonds. The van der Waals surface area contributed by atoms with Crippen LogP contribution in [0.5, 0.6) is 0 Å². The zero-order valence-corrected chi connectivity index (χ0v) is 9.41. The van der Waals surface area contributed by atoms with Crippen molar-refractivity contribution in [2.45, 2.75) is 19.3 Å². The third kappa shape index (κ3) is 1.46. The summed E-state index contributed by atoms with van der Waals surface area (Å²) < 4.78 is 1.03. The molecule has 2 nitrogen and oxygen atoms in total. The molecule has 1 N–H and O–H groups in total. The van der Waals surface area contributed by atoms with Gasteiger partial charge in [-0.2, -0.15) is 0 Å². The maximum absolute atomic E-state index is 10.9. The van der Waals surface area contributed by atoms with E-state index in [1.165, 1.54) is 0 Å². The Bertz CT molecular complexity index is 371. The van der Waals surface area contributed by atoms with Crippen LogP contribution in [0.2, 0.25) is 0 Å². The number of aliphatic carboxylic acids is 1. The van der Waals surface area contributed by atoms with Gasteiger partial charge in [0.25, 0.3) is 0 Å². The fraction of sp³-hybridized carbons (Fsp3) is 0.364. The Labute approximate surface area is 91.1 Å². The zero-order valence-electron chi connectivity index (χ0n) is 7.83. The van der Waals surface area contributed by atoms with Crippen molar-refractivity contribution in [1.82, 2.24) is 0 Å². The number of rotatable bonds is 2. The van der Waals surface area contributed by atoms with Crippen molar-refractivity contribution >= 4 is 21.9 Å². The molecule has 0 spiro atoms. The van der Waals surface area contributed by atoms with Crippen LogP contribution < -0.4 is 0 Å². The van der Waals surface area contributed by atoms with E-state index in [2.05, 4.69) is 15.9 Å². The van der Waals surface area contributed by atoms with Gasteiger partial charge in [0.05, 0.1) is 5.41 Å². The fourth-order valence-electron chi connectivity index (χ4n) is 1.78. The van der Waals surface area contributed by atoms with Gasteiger partial charge in [-0.05, 0) is 31.0 Å². The SMILES string of the molecule is C[C@]1(C(=O)O)C[C@@H]1c1ccc(Br)cc1. The second kappa shape index (κ2) is 3.09. The van der Waals surface area contributed by atoms with Gasteiger partial charge in [-0.15, -0.1) is 0 Å². The van der Waals surface area contributed by atoms with Crippen LogP contribution in [0, 0.1) is 5.41 Å². The average Bonchev–Trinajstić information content (AvgIpc) is 2.81. The Morgan fingerprint density at radius 2 is 2.07 bits per heavy atom. The van der Waals surface area contributed by atoms with E-state index in [0.29, 0.717) is 0 Å². The number of carbonyl (C=O) groups is 1. The Kier molecular flexibility index (Phi) is 2.14. The predicted octanol–water partition coefficient (Wildman–Crippen LogP) is 3.03. The second-order valence-corrected chi connectivity index (χ2v) is 4.95. The molecule has 1 fully saturated rings. The van der Waals surface area contributed by atoms with Crippen LogP contribution >= 0.6 is 15.9 Å². The minimum absolute atomic E-state index is 0.188. The molecule has 2 rings (SSSR count). The molecule has 0 radical (unpaired) electrons. The van der Waals surface area contributed by atoms with Gasteiger partial charge >= 0.3 is 5.97 Å². The quantitative estimate of drug-likeness (QED) is 0.881. The van der Waals surface area contributed by atoms with Crippen LogP contribution in [0.1, 0.15) is 24.8 Å². The van der Waals surface area contributed by atoms with Crippen molar-refractivity contribution in [1.29, 1.82) is 0 Å². The first-order chi connectivity index (χ1) is 6.54. The highest BCUT2D eigenvalue weighted by atomic mass is 79.9. The molecule has 1 aromatic rings. The molecule has 1 saturated carbocycles. The highest BCUT2D eigenvalue weighted by molar-refractivity contribution is 9.10. The largest absolute Gasteiger partial charge is 0.481 e. The van der Waals surface area contributed by atoms with Crippen molar-refractivity contribution in [2.24, 2.45) is 5.41 Å². The Morgan fingerprint density at radius 3 is 2.50 bits per heavy atom. The van der Waals surface area contributed by atoms with Crippen LogP contribution in [0.4, 0.5) is 0 Å². The van der Waals surface area contributed by atoms with Crippen LogP contribution in [0.25, 0.3) is 0 Å². The average molecular weight is 255 g/mol. The van der Waals surface area contributed by atoms with Crippen molar-refractivity contribution in [3.05, 3.63) is 34.3 Å². The Balaban J connectivity index is 2.21. The van der Waals surface area contributed by atoms with E-state index in [9.17, 15) is 4.79 Å². The first-order valence-corrected chi connectivity index (χ1v) is 5.32. The van der Waals surface area contributed by atoms with Crippen LogP contribution in [0.3, 0.4) is 0 Å². The molecular weight excluding hydrogens is 244 g/mol. The minimum atomic E-state index is -0.689. The van der Waals surface area contributed by atoms with Gasteiger partial charge in [-0.1, -0.05) is 28.1 Å². The first kappa shape index (κ1) is 9.71. The minimum Gasteiger partial charge on any atom is -0.481 e.